The standard InChI is InChI=1S/C23H24Cl2N4O/c1-17(28-16-13-19(26)12-11-18-7-3-2-4-8-18)27-14-6-15-29-23(30)22-20(24)9-5-10-21(22)25/h2-5,7-13,16,27H,1,6,14-15,26H2,(H,29,30)/b12-11+,19-13-,28-16?. The van der Waals surface area contributed by atoms with Crippen LogP contribution in [0.15, 0.2) is 83.8 Å². The van der Waals surface area contributed by atoms with Crippen molar-refractivity contribution in [2.75, 3.05) is 13.1 Å². The maximum atomic E-state index is 12.2. The van der Waals surface area contributed by atoms with E-state index in [1.165, 1.54) is 0 Å². The van der Waals surface area contributed by atoms with Gasteiger partial charge < -0.3 is 16.4 Å². The summed E-state index contributed by atoms with van der Waals surface area (Å²) >= 11 is 12.0. The lowest BCUT2D eigenvalue weighted by Gasteiger charge is -2.09. The number of halogens is 2. The number of hydrogen-bond donors (Lipinski definition) is 3. The first-order valence-corrected chi connectivity index (χ1v) is 10.1. The fourth-order valence-corrected chi connectivity index (χ4v) is 2.97. The maximum absolute atomic E-state index is 12.2. The molecule has 2 rings (SSSR count). The molecule has 7 heteroatoms. The summed E-state index contributed by atoms with van der Waals surface area (Å²) < 4.78 is 0. The Bertz CT molecular complexity index is 933. The maximum Gasteiger partial charge on any atom is 0.254 e. The summed E-state index contributed by atoms with van der Waals surface area (Å²) in [6.45, 7) is 4.89. The van der Waals surface area contributed by atoms with Crippen LogP contribution in [0.1, 0.15) is 22.3 Å². The Kier molecular flexibility index (Phi) is 9.71. The number of amides is 1. The Morgan fingerprint density at radius 3 is 2.40 bits per heavy atom. The molecule has 0 spiro atoms. The van der Waals surface area contributed by atoms with E-state index in [4.69, 9.17) is 28.9 Å². The van der Waals surface area contributed by atoms with Crippen molar-refractivity contribution in [3.05, 3.63) is 100.0 Å². The van der Waals surface area contributed by atoms with Gasteiger partial charge in [0, 0.05) is 25.0 Å². The minimum absolute atomic E-state index is 0.286. The zero-order valence-corrected chi connectivity index (χ0v) is 18.0. The van der Waals surface area contributed by atoms with Gasteiger partial charge in [-0.1, -0.05) is 72.3 Å². The van der Waals surface area contributed by atoms with E-state index in [1.807, 2.05) is 42.5 Å². The van der Waals surface area contributed by atoms with Gasteiger partial charge in [0.1, 0.15) is 5.82 Å². The Morgan fingerprint density at radius 2 is 1.70 bits per heavy atom. The largest absolute Gasteiger partial charge is 0.399 e. The second-order valence-electron chi connectivity index (χ2n) is 6.27. The van der Waals surface area contributed by atoms with Crippen molar-refractivity contribution in [1.82, 2.24) is 10.6 Å². The van der Waals surface area contributed by atoms with E-state index in [1.54, 1.807) is 30.5 Å². The van der Waals surface area contributed by atoms with Gasteiger partial charge in [0.05, 0.1) is 15.6 Å². The Hall–Kier alpha value is -3.02. The van der Waals surface area contributed by atoms with Gasteiger partial charge >= 0.3 is 0 Å². The highest BCUT2D eigenvalue weighted by Crippen LogP contribution is 2.23. The predicted octanol–water partition coefficient (Wildman–Crippen LogP) is 4.80. The number of carbonyl (C=O) groups is 1. The van der Waals surface area contributed by atoms with E-state index in [2.05, 4.69) is 22.2 Å². The minimum Gasteiger partial charge on any atom is -0.399 e. The van der Waals surface area contributed by atoms with Crippen molar-refractivity contribution in [2.45, 2.75) is 6.42 Å². The van der Waals surface area contributed by atoms with E-state index < -0.39 is 0 Å². The SMILES string of the molecule is C=C(N=C/C=C(N)/C=C/c1ccccc1)NCCCNC(=O)c1c(Cl)cccc1Cl. The fourth-order valence-electron chi connectivity index (χ4n) is 2.40. The average Bonchev–Trinajstić information content (AvgIpc) is 2.72. The molecule has 0 saturated heterocycles. The number of nitrogens with zero attached hydrogens (tertiary/aromatic N) is 1. The first-order chi connectivity index (χ1) is 14.5. The van der Waals surface area contributed by atoms with Crippen molar-refractivity contribution in [2.24, 2.45) is 10.7 Å². The number of rotatable bonds is 10. The van der Waals surface area contributed by atoms with Crippen LogP contribution in [0, 0.1) is 0 Å². The normalized spacial score (nSPS) is 11.7. The number of carbonyl (C=O) groups excluding carboxylic acids is 1. The highest BCUT2D eigenvalue weighted by molar-refractivity contribution is 6.39. The topological polar surface area (TPSA) is 79.5 Å². The van der Waals surface area contributed by atoms with Crippen LogP contribution >= 0.6 is 23.2 Å². The highest BCUT2D eigenvalue weighted by atomic mass is 35.5. The zero-order chi connectivity index (χ0) is 21.8. The smallest absolute Gasteiger partial charge is 0.254 e. The van der Waals surface area contributed by atoms with Gasteiger partial charge in [-0.2, -0.15) is 0 Å². The summed E-state index contributed by atoms with van der Waals surface area (Å²) in [6.07, 6.45) is 7.70. The molecular formula is C23H24Cl2N4O. The van der Waals surface area contributed by atoms with Crippen molar-refractivity contribution in [3.63, 3.8) is 0 Å². The van der Waals surface area contributed by atoms with E-state index in [0.29, 0.717) is 41.1 Å². The summed E-state index contributed by atoms with van der Waals surface area (Å²) in [4.78, 5) is 16.3. The van der Waals surface area contributed by atoms with E-state index in [9.17, 15) is 4.79 Å². The van der Waals surface area contributed by atoms with Crippen LogP contribution in [0.3, 0.4) is 0 Å². The molecule has 5 nitrogen and oxygen atoms in total. The monoisotopic (exact) mass is 442 g/mol. The average molecular weight is 443 g/mol. The molecule has 0 radical (unpaired) electrons. The number of allylic oxidation sites excluding steroid dienone is 2. The van der Waals surface area contributed by atoms with Crippen LogP contribution in [-0.4, -0.2) is 25.2 Å². The summed E-state index contributed by atoms with van der Waals surface area (Å²) in [6, 6.07) is 14.8. The summed E-state index contributed by atoms with van der Waals surface area (Å²) in [5, 5.41) is 6.51. The fraction of sp³-hybridized carbons (Fsp3) is 0.130. The van der Waals surface area contributed by atoms with E-state index in [0.717, 1.165) is 5.56 Å². The molecule has 2 aromatic carbocycles. The van der Waals surface area contributed by atoms with Crippen LogP contribution in [0.5, 0.6) is 0 Å². The second-order valence-corrected chi connectivity index (χ2v) is 7.08. The molecule has 0 atom stereocenters. The molecule has 0 fully saturated rings. The molecule has 156 valence electrons. The molecule has 0 heterocycles. The van der Waals surface area contributed by atoms with Gasteiger partial charge in [0.25, 0.3) is 5.91 Å². The van der Waals surface area contributed by atoms with Crippen LogP contribution in [-0.2, 0) is 0 Å². The Labute approximate surface area is 187 Å². The van der Waals surface area contributed by atoms with Gasteiger partial charge in [-0.15, -0.1) is 0 Å². The number of benzene rings is 2. The molecule has 0 aliphatic heterocycles. The molecule has 0 aromatic heterocycles. The molecule has 0 bridgehead atoms. The predicted molar refractivity (Wildman–Crippen MR) is 127 cm³/mol. The third kappa shape index (κ3) is 8.15. The van der Waals surface area contributed by atoms with Gasteiger partial charge in [0.15, 0.2) is 0 Å². The van der Waals surface area contributed by atoms with Crippen molar-refractivity contribution in [1.29, 1.82) is 0 Å². The first kappa shape index (κ1) is 23.3. The molecule has 0 aliphatic rings. The van der Waals surface area contributed by atoms with Gasteiger partial charge in [-0.3, -0.25) is 4.79 Å². The molecule has 0 aliphatic carbocycles. The third-order valence-electron chi connectivity index (χ3n) is 3.92. The van der Waals surface area contributed by atoms with Crippen LogP contribution in [0.25, 0.3) is 6.08 Å². The first-order valence-electron chi connectivity index (χ1n) is 9.35. The quantitative estimate of drug-likeness (QED) is 0.280. The minimum atomic E-state index is -0.299. The van der Waals surface area contributed by atoms with Gasteiger partial charge in [-0.25, -0.2) is 4.99 Å². The zero-order valence-electron chi connectivity index (χ0n) is 16.4. The van der Waals surface area contributed by atoms with E-state index >= 15 is 0 Å². The molecule has 0 saturated carbocycles. The van der Waals surface area contributed by atoms with Crippen LogP contribution in [0.2, 0.25) is 10.0 Å². The molecule has 30 heavy (non-hydrogen) atoms. The lowest BCUT2D eigenvalue weighted by atomic mass is 10.2. The molecule has 0 unspecified atom stereocenters. The van der Waals surface area contributed by atoms with Crippen molar-refractivity contribution in [3.8, 4) is 0 Å². The van der Waals surface area contributed by atoms with Gasteiger partial charge in [-0.05, 0) is 36.3 Å². The molecule has 4 N–H and O–H groups in total. The lowest BCUT2D eigenvalue weighted by molar-refractivity contribution is 0.0953. The lowest BCUT2D eigenvalue weighted by Crippen LogP contribution is -2.27. The van der Waals surface area contributed by atoms with Crippen LogP contribution in [0.4, 0.5) is 0 Å². The number of nitrogens with one attached hydrogen (secondary N) is 2. The Morgan fingerprint density at radius 1 is 1.03 bits per heavy atom. The Balaban J connectivity index is 1.67. The van der Waals surface area contributed by atoms with Crippen LogP contribution < -0.4 is 16.4 Å². The van der Waals surface area contributed by atoms with Gasteiger partial charge in [0.2, 0.25) is 0 Å². The van der Waals surface area contributed by atoms with E-state index in [-0.39, 0.29) is 11.5 Å². The summed E-state index contributed by atoms with van der Waals surface area (Å²) in [7, 11) is 0. The summed E-state index contributed by atoms with van der Waals surface area (Å²) in [5.74, 6) is 0.207. The molecule has 1 amide bonds. The molecule has 2 aromatic rings. The highest BCUT2D eigenvalue weighted by Gasteiger charge is 2.13. The van der Waals surface area contributed by atoms with Crippen molar-refractivity contribution < 1.29 is 4.79 Å². The second kappa shape index (κ2) is 12.5. The number of aliphatic imine (C=N–C) groups is 1. The number of hydrogen-bond acceptors (Lipinski definition) is 4. The number of nitrogens with two attached hydrogens (primary N) is 1. The van der Waals surface area contributed by atoms with Crippen molar-refractivity contribution >= 4 is 41.4 Å². The third-order valence-corrected chi connectivity index (χ3v) is 4.55. The molecular weight excluding hydrogens is 419 g/mol. The summed E-state index contributed by atoms with van der Waals surface area (Å²) in [5.41, 5.74) is 7.85.